The van der Waals surface area contributed by atoms with Gasteiger partial charge in [0.25, 0.3) is 0 Å². The lowest BCUT2D eigenvalue weighted by molar-refractivity contribution is -0.130. The molecule has 1 fully saturated rings. The maximum absolute atomic E-state index is 12.4. The molecular formula is C19H28N2O3. The second-order valence-corrected chi connectivity index (χ2v) is 6.67. The molecule has 1 saturated heterocycles. The van der Waals surface area contributed by atoms with Crippen molar-refractivity contribution >= 4 is 17.5 Å². The highest BCUT2D eigenvalue weighted by atomic mass is 16.5. The van der Waals surface area contributed by atoms with Crippen molar-refractivity contribution in [2.45, 2.75) is 45.6 Å². The normalized spacial score (nSPS) is 20.1. The quantitative estimate of drug-likeness (QED) is 0.835. The molecule has 24 heavy (non-hydrogen) atoms. The van der Waals surface area contributed by atoms with Gasteiger partial charge < -0.3 is 15.0 Å². The van der Waals surface area contributed by atoms with Gasteiger partial charge in [0, 0.05) is 25.8 Å². The van der Waals surface area contributed by atoms with Gasteiger partial charge in [-0.1, -0.05) is 26.0 Å². The van der Waals surface area contributed by atoms with Crippen LogP contribution in [0, 0.1) is 5.92 Å². The number of hydrogen-bond donors (Lipinski definition) is 1. The maximum atomic E-state index is 12.4. The number of carbonyl (C=O) groups is 2. The van der Waals surface area contributed by atoms with Crippen LogP contribution in [0.2, 0.25) is 0 Å². The maximum Gasteiger partial charge on any atom is 0.229 e. The summed E-state index contributed by atoms with van der Waals surface area (Å²) in [5.41, 5.74) is 2.05. The predicted molar refractivity (Wildman–Crippen MR) is 94.9 cm³/mol. The van der Waals surface area contributed by atoms with Crippen molar-refractivity contribution in [3.63, 3.8) is 0 Å². The number of hydrogen-bond acceptors (Lipinski definition) is 3. The third-order valence-electron chi connectivity index (χ3n) is 4.83. The molecular weight excluding hydrogens is 304 g/mol. The lowest BCUT2D eigenvalue weighted by Crippen LogP contribution is -2.38. The van der Waals surface area contributed by atoms with E-state index in [1.54, 1.807) is 12.0 Å². The molecule has 0 spiro atoms. The Morgan fingerprint density at radius 2 is 2.00 bits per heavy atom. The average molecular weight is 332 g/mol. The highest BCUT2D eigenvalue weighted by Gasteiger charge is 2.36. The van der Waals surface area contributed by atoms with Crippen LogP contribution in [-0.2, 0) is 14.3 Å². The molecule has 0 radical (unpaired) electrons. The fourth-order valence-corrected chi connectivity index (χ4v) is 3.04. The van der Waals surface area contributed by atoms with E-state index in [4.69, 9.17) is 4.74 Å². The second-order valence-electron chi connectivity index (χ2n) is 6.67. The lowest BCUT2D eigenvalue weighted by Gasteiger charge is -2.23. The van der Waals surface area contributed by atoms with Gasteiger partial charge in [0.15, 0.2) is 0 Å². The molecule has 132 valence electrons. The van der Waals surface area contributed by atoms with E-state index in [-0.39, 0.29) is 30.2 Å². The Morgan fingerprint density at radius 3 is 2.58 bits per heavy atom. The minimum atomic E-state index is -0.300. The Bertz CT molecular complexity index is 570. The fraction of sp³-hybridized carbons (Fsp3) is 0.579. The van der Waals surface area contributed by atoms with Crippen molar-refractivity contribution in [3.05, 3.63) is 29.8 Å². The molecule has 0 bridgehead atoms. The summed E-state index contributed by atoms with van der Waals surface area (Å²) in [6.07, 6.45) is 1.36. The molecule has 1 aromatic rings. The highest BCUT2D eigenvalue weighted by Crippen LogP contribution is 2.24. The van der Waals surface area contributed by atoms with E-state index >= 15 is 0 Å². The summed E-state index contributed by atoms with van der Waals surface area (Å²) in [4.78, 5) is 26.3. The summed E-state index contributed by atoms with van der Waals surface area (Å²) < 4.78 is 5.10. The van der Waals surface area contributed by atoms with Crippen LogP contribution < -0.4 is 5.32 Å². The third kappa shape index (κ3) is 4.35. The Morgan fingerprint density at radius 1 is 1.33 bits per heavy atom. The number of likely N-dealkylation sites (tertiary alicyclic amines) is 1. The minimum absolute atomic E-state index is 0.00452. The number of methoxy groups -OCH3 is 1. The number of rotatable bonds is 7. The molecule has 2 rings (SSSR count). The molecule has 0 aromatic heterocycles. The van der Waals surface area contributed by atoms with Crippen LogP contribution in [0.4, 0.5) is 5.69 Å². The molecule has 2 amide bonds. The SMILES string of the molecule is CC[C@@H](C)c1ccc(NC(=O)[C@H]2CC(=O)N([C@@H](C)COC)C2)cc1. The molecule has 0 unspecified atom stereocenters. The predicted octanol–water partition coefficient (Wildman–Crippen LogP) is 3.02. The minimum Gasteiger partial charge on any atom is -0.383 e. The van der Waals surface area contributed by atoms with Crippen molar-refractivity contribution < 1.29 is 14.3 Å². The first-order chi connectivity index (χ1) is 11.5. The van der Waals surface area contributed by atoms with Crippen LogP contribution >= 0.6 is 0 Å². The molecule has 1 aliphatic heterocycles. The van der Waals surface area contributed by atoms with Gasteiger partial charge in [0.1, 0.15) is 0 Å². The van der Waals surface area contributed by atoms with E-state index in [0.29, 0.717) is 19.1 Å². The van der Waals surface area contributed by atoms with Crippen LogP contribution in [0.1, 0.15) is 45.1 Å². The zero-order valence-corrected chi connectivity index (χ0v) is 15.0. The molecule has 5 nitrogen and oxygen atoms in total. The zero-order valence-electron chi connectivity index (χ0n) is 15.0. The first-order valence-electron chi connectivity index (χ1n) is 8.65. The monoisotopic (exact) mass is 332 g/mol. The summed E-state index contributed by atoms with van der Waals surface area (Å²) in [6.45, 7) is 7.23. The van der Waals surface area contributed by atoms with Crippen molar-refractivity contribution in [1.29, 1.82) is 0 Å². The number of nitrogens with one attached hydrogen (secondary N) is 1. The zero-order chi connectivity index (χ0) is 17.7. The Hall–Kier alpha value is -1.88. The number of nitrogens with zero attached hydrogens (tertiary/aromatic N) is 1. The lowest BCUT2D eigenvalue weighted by atomic mass is 9.98. The van der Waals surface area contributed by atoms with Crippen molar-refractivity contribution in [3.8, 4) is 0 Å². The van der Waals surface area contributed by atoms with E-state index in [0.717, 1.165) is 12.1 Å². The van der Waals surface area contributed by atoms with Crippen molar-refractivity contribution in [1.82, 2.24) is 4.90 Å². The first kappa shape index (κ1) is 18.5. The van der Waals surface area contributed by atoms with Crippen LogP contribution in [0.15, 0.2) is 24.3 Å². The number of carbonyl (C=O) groups excluding carboxylic acids is 2. The van der Waals surface area contributed by atoms with Crippen LogP contribution in [0.3, 0.4) is 0 Å². The van der Waals surface area contributed by atoms with Crippen LogP contribution in [-0.4, -0.2) is 43.0 Å². The van der Waals surface area contributed by atoms with Gasteiger partial charge in [-0.2, -0.15) is 0 Å². The van der Waals surface area contributed by atoms with Crippen molar-refractivity contribution in [2.24, 2.45) is 5.92 Å². The number of benzene rings is 1. The van der Waals surface area contributed by atoms with Gasteiger partial charge >= 0.3 is 0 Å². The molecule has 1 heterocycles. The van der Waals surface area contributed by atoms with Gasteiger partial charge in [-0.15, -0.1) is 0 Å². The smallest absolute Gasteiger partial charge is 0.229 e. The van der Waals surface area contributed by atoms with E-state index in [1.165, 1.54) is 5.56 Å². The second kappa shape index (κ2) is 8.29. The molecule has 0 aliphatic carbocycles. The molecule has 1 N–H and O–H groups in total. The Labute approximate surface area is 144 Å². The fourth-order valence-electron chi connectivity index (χ4n) is 3.04. The van der Waals surface area contributed by atoms with Gasteiger partial charge in [0.05, 0.1) is 18.6 Å². The Kier molecular flexibility index (Phi) is 6.37. The van der Waals surface area contributed by atoms with Gasteiger partial charge in [0.2, 0.25) is 11.8 Å². The van der Waals surface area contributed by atoms with E-state index in [1.807, 2.05) is 19.1 Å². The highest BCUT2D eigenvalue weighted by molar-refractivity contribution is 5.97. The largest absolute Gasteiger partial charge is 0.383 e. The first-order valence-corrected chi connectivity index (χ1v) is 8.65. The summed E-state index contributed by atoms with van der Waals surface area (Å²) in [5.74, 6) is 0.141. The number of anilines is 1. The molecule has 5 heteroatoms. The summed E-state index contributed by atoms with van der Waals surface area (Å²) in [6, 6.07) is 7.96. The molecule has 1 aromatic carbocycles. The van der Waals surface area contributed by atoms with E-state index in [2.05, 4.69) is 31.3 Å². The van der Waals surface area contributed by atoms with Crippen LogP contribution in [0.25, 0.3) is 0 Å². The summed E-state index contributed by atoms with van der Waals surface area (Å²) in [5, 5.41) is 2.93. The molecule has 1 aliphatic rings. The average Bonchev–Trinajstić information content (AvgIpc) is 2.97. The summed E-state index contributed by atoms with van der Waals surface area (Å²) in [7, 11) is 1.62. The van der Waals surface area contributed by atoms with Gasteiger partial charge in [-0.3, -0.25) is 9.59 Å². The van der Waals surface area contributed by atoms with Crippen molar-refractivity contribution in [2.75, 3.05) is 25.6 Å². The summed E-state index contributed by atoms with van der Waals surface area (Å²) >= 11 is 0. The van der Waals surface area contributed by atoms with Crippen LogP contribution in [0.5, 0.6) is 0 Å². The molecule has 3 atom stereocenters. The number of ether oxygens (including phenoxy) is 1. The molecule has 0 saturated carbocycles. The standard InChI is InChI=1S/C19H28N2O3/c1-5-13(2)15-6-8-17(9-7-15)20-19(23)16-10-18(22)21(11-16)14(3)12-24-4/h6-9,13-14,16H,5,10-12H2,1-4H3,(H,20,23)/t13-,14+,16+/m1/s1. The topological polar surface area (TPSA) is 58.6 Å². The third-order valence-corrected chi connectivity index (χ3v) is 4.83. The Balaban J connectivity index is 1.94. The van der Waals surface area contributed by atoms with Gasteiger partial charge in [-0.05, 0) is 37.0 Å². The number of amides is 2. The van der Waals surface area contributed by atoms with E-state index < -0.39 is 0 Å². The van der Waals surface area contributed by atoms with E-state index in [9.17, 15) is 9.59 Å². The van der Waals surface area contributed by atoms with Gasteiger partial charge in [-0.25, -0.2) is 0 Å².